The van der Waals surface area contributed by atoms with Gasteiger partial charge < -0.3 is 10.2 Å². The number of carbonyl (C=O) groups excluding carboxylic acids is 1. The summed E-state index contributed by atoms with van der Waals surface area (Å²) in [5.74, 6) is -0.0741. The van der Waals surface area contributed by atoms with Crippen molar-refractivity contribution in [1.29, 1.82) is 0 Å². The first-order valence-corrected chi connectivity index (χ1v) is 6.35. The first kappa shape index (κ1) is 14.7. The molecule has 0 fully saturated rings. The van der Waals surface area contributed by atoms with E-state index in [1.807, 2.05) is 13.8 Å². The Kier molecular flexibility index (Phi) is 4.89. The van der Waals surface area contributed by atoms with Gasteiger partial charge in [-0.1, -0.05) is 0 Å². The molecule has 6 nitrogen and oxygen atoms in total. The number of halogens is 1. The van der Waals surface area contributed by atoms with Crippen LogP contribution in [0.3, 0.4) is 0 Å². The van der Waals surface area contributed by atoms with Gasteiger partial charge >= 0.3 is 0 Å². The number of hydrogen-bond acceptors (Lipinski definition) is 4. The van der Waals surface area contributed by atoms with Crippen LogP contribution in [0.4, 0.5) is 5.69 Å². The van der Waals surface area contributed by atoms with Gasteiger partial charge in [-0.25, -0.2) is 4.68 Å². The molecule has 7 heteroatoms. The molecule has 0 unspecified atom stereocenters. The molecule has 0 bridgehead atoms. The summed E-state index contributed by atoms with van der Waals surface area (Å²) in [6.45, 7) is 3.88. The molecule has 1 aromatic heterocycles. The molecule has 0 spiro atoms. The van der Waals surface area contributed by atoms with Crippen molar-refractivity contribution in [3.63, 3.8) is 0 Å². The average Bonchev–Trinajstić information content (AvgIpc) is 2.30. The Balaban J connectivity index is 2.90. The number of carbonyl (C=O) groups is 1. The highest BCUT2D eigenvalue weighted by molar-refractivity contribution is 9.10. The number of aromatic nitrogens is 2. The molecule has 0 aromatic carbocycles. The number of anilines is 1. The van der Waals surface area contributed by atoms with Crippen LogP contribution in [0, 0.1) is 0 Å². The van der Waals surface area contributed by atoms with E-state index in [2.05, 4.69) is 26.3 Å². The summed E-state index contributed by atoms with van der Waals surface area (Å²) < 4.78 is 1.76. The number of nitrogens with one attached hydrogen (secondary N) is 1. The van der Waals surface area contributed by atoms with Crippen LogP contribution in [0.2, 0.25) is 0 Å². The van der Waals surface area contributed by atoms with Crippen molar-refractivity contribution in [3.8, 4) is 0 Å². The maximum absolute atomic E-state index is 11.9. The zero-order chi connectivity index (χ0) is 13.9. The van der Waals surface area contributed by atoms with E-state index in [0.717, 1.165) is 0 Å². The number of hydrogen-bond donors (Lipinski definition) is 1. The van der Waals surface area contributed by atoms with Gasteiger partial charge in [-0.15, -0.1) is 0 Å². The van der Waals surface area contributed by atoms with E-state index >= 15 is 0 Å². The Morgan fingerprint density at radius 1 is 1.56 bits per heavy atom. The van der Waals surface area contributed by atoms with Gasteiger partial charge in [0.25, 0.3) is 5.56 Å². The molecular weight excluding hydrogens is 300 g/mol. The molecule has 0 atom stereocenters. The van der Waals surface area contributed by atoms with E-state index in [9.17, 15) is 9.59 Å². The van der Waals surface area contributed by atoms with Gasteiger partial charge in [0, 0.05) is 14.1 Å². The summed E-state index contributed by atoms with van der Waals surface area (Å²) in [4.78, 5) is 24.8. The molecule has 0 aliphatic rings. The average molecular weight is 317 g/mol. The van der Waals surface area contributed by atoms with Crippen LogP contribution in [0.5, 0.6) is 0 Å². The van der Waals surface area contributed by atoms with E-state index in [1.54, 1.807) is 14.1 Å². The van der Waals surface area contributed by atoms with E-state index in [4.69, 9.17) is 0 Å². The first-order chi connectivity index (χ1) is 8.34. The zero-order valence-corrected chi connectivity index (χ0v) is 12.5. The van der Waals surface area contributed by atoms with Crippen molar-refractivity contribution in [2.75, 3.05) is 26.0 Å². The molecule has 0 aliphatic heterocycles. The van der Waals surface area contributed by atoms with E-state index in [0.29, 0.717) is 10.2 Å². The highest BCUT2D eigenvalue weighted by Gasteiger charge is 2.12. The van der Waals surface area contributed by atoms with E-state index in [1.165, 1.54) is 15.8 Å². The van der Waals surface area contributed by atoms with Gasteiger partial charge in [0.1, 0.15) is 4.47 Å². The van der Waals surface area contributed by atoms with Gasteiger partial charge in [-0.05, 0) is 29.8 Å². The Bertz CT molecular complexity index is 496. The summed E-state index contributed by atoms with van der Waals surface area (Å²) in [5.41, 5.74) is 0.305. The van der Waals surface area contributed by atoms with Crippen LogP contribution in [-0.4, -0.2) is 41.2 Å². The third-order valence-electron chi connectivity index (χ3n) is 2.36. The molecule has 0 aliphatic carbocycles. The molecule has 1 N–H and O–H groups in total. The summed E-state index contributed by atoms with van der Waals surface area (Å²) in [7, 11) is 3.35. The second-order valence-corrected chi connectivity index (χ2v) is 5.15. The predicted molar refractivity (Wildman–Crippen MR) is 73.8 cm³/mol. The highest BCUT2D eigenvalue weighted by Crippen LogP contribution is 2.16. The van der Waals surface area contributed by atoms with Crippen LogP contribution in [-0.2, 0) is 4.79 Å². The lowest BCUT2D eigenvalue weighted by Crippen LogP contribution is -2.30. The van der Waals surface area contributed by atoms with Crippen molar-refractivity contribution < 1.29 is 4.79 Å². The number of nitrogens with zero attached hydrogens (tertiary/aromatic N) is 3. The minimum atomic E-state index is -0.215. The second kappa shape index (κ2) is 5.99. The Hall–Kier alpha value is -1.37. The minimum absolute atomic E-state index is 0.00810. The molecule has 1 amide bonds. The third kappa shape index (κ3) is 3.32. The van der Waals surface area contributed by atoms with Gasteiger partial charge in [0.05, 0.1) is 24.5 Å². The van der Waals surface area contributed by atoms with Crippen LogP contribution in [0.1, 0.15) is 19.9 Å². The summed E-state index contributed by atoms with van der Waals surface area (Å²) >= 11 is 3.23. The molecule has 100 valence electrons. The van der Waals surface area contributed by atoms with Crippen LogP contribution >= 0.6 is 15.9 Å². The Morgan fingerprint density at radius 3 is 2.67 bits per heavy atom. The van der Waals surface area contributed by atoms with Crippen LogP contribution < -0.4 is 10.9 Å². The normalized spacial score (nSPS) is 10.6. The van der Waals surface area contributed by atoms with Gasteiger partial charge in [-0.2, -0.15) is 5.10 Å². The number of amides is 1. The third-order valence-corrected chi connectivity index (χ3v) is 3.13. The zero-order valence-electron chi connectivity index (χ0n) is 10.9. The van der Waals surface area contributed by atoms with Crippen molar-refractivity contribution in [1.82, 2.24) is 14.7 Å². The Morgan fingerprint density at radius 2 is 2.17 bits per heavy atom. The van der Waals surface area contributed by atoms with Crippen LogP contribution in [0.25, 0.3) is 0 Å². The number of rotatable bonds is 4. The summed E-state index contributed by atoms with van der Waals surface area (Å²) in [6.07, 6.45) is 1.54. The van der Waals surface area contributed by atoms with Crippen molar-refractivity contribution in [2.24, 2.45) is 0 Å². The van der Waals surface area contributed by atoms with E-state index in [-0.39, 0.29) is 24.1 Å². The topological polar surface area (TPSA) is 67.2 Å². The second-order valence-electron chi connectivity index (χ2n) is 4.36. The first-order valence-electron chi connectivity index (χ1n) is 5.56. The molecule has 1 heterocycles. The number of likely N-dealkylation sites (N-methyl/N-ethyl adjacent to an activating group) is 1. The Labute approximate surface area is 114 Å². The lowest BCUT2D eigenvalue weighted by molar-refractivity contribution is -0.126. The lowest BCUT2D eigenvalue weighted by atomic mass is 10.4. The fraction of sp³-hybridized carbons (Fsp3) is 0.545. The van der Waals surface area contributed by atoms with Crippen molar-refractivity contribution >= 4 is 27.5 Å². The van der Waals surface area contributed by atoms with Crippen molar-refractivity contribution in [3.05, 3.63) is 21.0 Å². The maximum Gasteiger partial charge on any atom is 0.283 e. The molecule has 18 heavy (non-hydrogen) atoms. The maximum atomic E-state index is 11.9. The molecule has 0 radical (unpaired) electrons. The monoisotopic (exact) mass is 316 g/mol. The smallest absolute Gasteiger partial charge is 0.283 e. The fourth-order valence-corrected chi connectivity index (χ4v) is 1.69. The molecule has 1 aromatic rings. The SMILES string of the molecule is CC(C)n1ncc(NCC(=O)N(C)C)c(Br)c1=O. The fourth-order valence-electron chi connectivity index (χ4n) is 1.26. The van der Waals surface area contributed by atoms with Gasteiger partial charge in [0.15, 0.2) is 0 Å². The van der Waals surface area contributed by atoms with Crippen LogP contribution in [0.15, 0.2) is 15.5 Å². The molecule has 1 rings (SSSR count). The van der Waals surface area contributed by atoms with Gasteiger partial charge in [0.2, 0.25) is 5.91 Å². The summed E-state index contributed by atoms with van der Waals surface area (Å²) in [5, 5.41) is 6.94. The summed E-state index contributed by atoms with van der Waals surface area (Å²) in [6, 6.07) is -0.00810. The molecular formula is C11H17BrN4O2. The van der Waals surface area contributed by atoms with Crippen molar-refractivity contribution in [2.45, 2.75) is 19.9 Å². The largest absolute Gasteiger partial charge is 0.374 e. The quantitative estimate of drug-likeness (QED) is 0.903. The minimum Gasteiger partial charge on any atom is -0.374 e. The molecule has 0 saturated carbocycles. The lowest BCUT2D eigenvalue weighted by Gasteiger charge is -2.14. The van der Waals surface area contributed by atoms with Gasteiger partial charge in [-0.3, -0.25) is 9.59 Å². The molecule has 0 saturated heterocycles. The highest BCUT2D eigenvalue weighted by atomic mass is 79.9. The van der Waals surface area contributed by atoms with E-state index < -0.39 is 0 Å². The predicted octanol–water partition coefficient (Wildman–Crippen LogP) is 1.09. The standard InChI is InChI=1S/C11H17BrN4O2/c1-7(2)16-11(18)10(12)8(5-14-16)13-6-9(17)15(3)4/h5,7,13H,6H2,1-4H3.